The summed E-state index contributed by atoms with van der Waals surface area (Å²) >= 11 is 9.35. The molecule has 4 heteroatoms. The molecule has 0 amide bonds. The minimum absolute atomic E-state index is 0.169. The molecule has 1 N–H and O–H groups in total. The third kappa shape index (κ3) is 4.53. The Balaban J connectivity index is 2.24. The second-order valence-corrected chi connectivity index (χ2v) is 6.24. The van der Waals surface area contributed by atoms with Crippen molar-refractivity contribution < 1.29 is 4.39 Å². The minimum atomic E-state index is -0.358. The topological polar surface area (TPSA) is 12.0 Å². The zero-order valence-corrected chi connectivity index (χ0v) is 14.2. The van der Waals surface area contributed by atoms with E-state index >= 15 is 0 Å². The molecule has 21 heavy (non-hydrogen) atoms. The highest BCUT2D eigenvalue weighted by atomic mass is 79.9. The Hall–Kier alpha value is -0.900. The van der Waals surface area contributed by atoms with Crippen molar-refractivity contribution in [1.29, 1.82) is 0 Å². The highest BCUT2D eigenvalue weighted by Crippen LogP contribution is 2.28. The van der Waals surface area contributed by atoms with Crippen molar-refractivity contribution >= 4 is 27.5 Å². The lowest BCUT2D eigenvalue weighted by Crippen LogP contribution is -2.23. The molecule has 1 nitrogen and oxygen atoms in total. The van der Waals surface area contributed by atoms with Gasteiger partial charge in [0.25, 0.3) is 0 Å². The fourth-order valence-corrected chi connectivity index (χ4v) is 3.09. The van der Waals surface area contributed by atoms with Crippen molar-refractivity contribution in [1.82, 2.24) is 5.32 Å². The van der Waals surface area contributed by atoms with E-state index in [2.05, 4.69) is 34.2 Å². The van der Waals surface area contributed by atoms with Gasteiger partial charge in [-0.3, -0.25) is 0 Å². The molecule has 2 aromatic rings. The Kier molecular flexibility index (Phi) is 6.22. The molecule has 0 aliphatic heterocycles. The smallest absolute Gasteiger partial charge is 0.142 e. The predicted octanol–water partition coefficient (Wildman–Crippen LogP) is 5.18. The summed E-state index contributed by atoms with van der Waals surface area (Å²) in [4.78, 5) is 0. The standard InChI is InChI=1S/C17H18BrClFN/c1-2-21-11-13(14-5-3-4-6-15(14)18)9-12-7-8-16(19)17(20)10-12/h3-8,10,13,21H,2,9,11H2,1H3. The van der Waals surface area contributed by atoms with Gasteiger partial charge in [0.05, 0.1) is 5.02 Å². The molecular weight excluding hydrogens is 353 g/mol. The van der Waals surface area contributed by atoms with Gasteiger partial charge >= 0.3 is 0 Å². The first kappa shape index (κ1) is 16.5. The molecule has 112 valence electrons. The van der Waals surface area contributed by atoms with Gasteiger partial charge < -0.3 is 5.32 Å². The quantitative estimate of drug-likeness (QED) is 0.739. The number of hydrogen-bond acceptors (Lipinski definition) is 1. The predicted molar refractivity (Wildman–Crippen MR) is 90.5 cm³/mol. The zero-order chi connectivity index (χ0) is 15.2. The monoisotopic (exact) mass is 369 g/mol. The fraction of sp³-hybridized carbons (Fsp3) is 0.294. The van der Waals surface area contributed by atoms with Crippen LogP contribution in [0.5, 0.6) is 0 Å². The van der Waals surface area contributed by atoms with Crippen LogP contribution in [-0.2, 0) is 6.42 Å². The maximum Gasteiger partial charge on any atom is 0.142 e. The average molecular weight is 371 g/mol. The summed E-state index contributed by atoms with van der Waals surface area (Å²) in [6, 6.07) is 13.2. The summed E-state index contributed by atoms with van der Waals surface area (Å²) in [5.74, 6) is -0.0791. The molecule has 1 unspecified atom stereocenters. The third-order valence-electron chi connectivity index (χ3n) is 3.45. The van der Waals surface area contributed by atoms with E-state index in [1.165, 1.54) is 11.6 Å². The maximum absolute atomic E-state index is 13.6. The van der Waals surface area contributed by atoms with Gasteiger partial charge in [-0.15, -0.1) is 0 Å². The first-order chi connectivity index (χ1) is 10.1. The molecule has 0 heterocycles. The van der Waals surface area contributed by atoms with Gasteiger partial charge in [0.1, 0.15) is 5.82 Å². The highest BCUT2D eigenvalue weighted by Gasteiger charge is 2.15. The summed E-state index contributed by atoms with van der Waals surface area (Å²) < 4.78 is 14.7. The van der Waals surface area contributed by atoms with Crippen LogP contribution in [0.4, 0.5) is 4.39 Å². The summed E-state index contributed by atoms with van der Waals surface area (Å²) in [6.07, 6.45) is 0.768. The maximum atomic E-state index is 13.6. The summed E-state index contributed by atoms with van der Waals surface area (Å²) in [5, 5.41) is 3.55. The van der Waals surface area contributed by atoms with Crippen LogP contribution in [0.3, 0.4) is 0 Å². The van der Waals surface area contributed by atoms with E-state index in [-0.39, 0.29) is 16.8 Å². The molecule has 0 radical (unpaired) electrons. The van der Waals surface area contributed by atoms with E-state index in [0.717, 1.165) is 29.5 Å². The number of halogens is 3. The number of benzene rings is 2. The lowest BCUT2D eigenvalue weighted by Gasteiger charge is -2.19. The van der Waals surface area contributed by atoms with Gasteiger partial charge in [-0.1, -0.05) is 58.7 Å². The van der Waals surface area contributed by atoms with Gasteiger partial charge in [0.15, 0.2) is 0 Å². The molecule has 1 atom stereocenters. The Morgan fingerprint density at radius 3 is 2.67 bits per heavy atom. The van der Waals surface area contributed by atoms with E-state index in [1.807, 2.05) is 24.3 Å². The Morgan fingerprint density at radius 2 is 2.00 bits per heavy atom. The molecular formula is C17H18BrClFN. The van der Waals surface area contributed by atoms with Crippen molar-refractivity contribution in [2.24, 2.45) is 0 Å². The Morgan fingerprint density at radius 1 is 1.24 bits per heavy atom. The number of rotatable bonds is 6. The summed E-state index contributed by atoms with van der Waals surface area (Å²) in [7, 11) is 0. The van der Waals surface area contributed by atoms with Gasteiger partial charge in [0.2, 0.25) is 0 Å². The van der Waals surface area contributed by atoms with Crippen LogP contribution in [0.15, 0.2) is 46.9 Å². The van der Waals surface area contributed by atoms with Crippen molar-refractivity contribution in [3.63, 3.8) is 0 Å². The zero-order valence-electron chi connectivity index (χ0n) is 11.9. The van der Waals surface area contributed by atoms with Crippen molar-refractivity contribution in [3.8, 4) is 0 Å². The molecule has 0 aromatic heterocycles. The minimum Gasteiger partial charge on any atom is -0.316 e. The van der Waals surface area contributed by atoms with E-state index in [4.69, 9.17) is 11.6 Å². The highest BCUT2D eigenvalue weighted by molar-refractivity contribution is 9.10. The second-order valence-electron chi connectivity index (χ2n) is 4.98. The first-order valence-corrected chi connectivity index (χ1v) is 8.18. The fourth-order valence-electron chi connectivity index (χ4n) is 2.37. The molecule has 0 aliphatic rings. The van der Waals surface area contributed by atoms with Crippen LogP contribution in [-0.4, -0.2) is 13.1 Å². The largest absolute Gasteiger partial charge is 0.316 e. The Labute approximate surface area is 138 Å². The van der Waals surface area contributed by atoms with Crippen LogP contribution in [0.25, 0.3) is 0 Å². The average Bonchev–Trinajstić information content (AvgIpc) is 2.48. The van der Waals surface area contributed by atoms with Crippen molar-refractivity contribution in [3.05, 3.63) is 68.9 Å². The molecule has 0 aliphatic carbocycles. The molecule has 0 fully saturated rings. The van der Waals surface area contributed by atoms with Crippen LogP contribution < -0.4 is 5.32 Å². The van der Waals surface area contributed by atoms with E-state index in [0.29, 0.717) is 0 Å². The lowest BCUT2D eigenvalue weighted by molar-refractivity contribution is 0.587. The molecule has 0 saturated carbocycles. The number of likely N-dealkylation sites (N-methyl/N-ethyl adjacent to an activating group) is 1. The van der Waals surface area contributed by atoms with Gasteiger partial charge in [-0.05, 0) is 42.3 Å². The van der Waals surface area contributed by atoms with Crippen LogP contribution in [0.2, 0.25) is 5.02 Å². The number of hydrogen-bond donors (Lipinski definition) is 1. The van der Waals surface area contributed by atoms with Crippen molar-refractivity contribution in [2.75, 3.05) is 13.1 Å². The van der Waals surface area contributed by atoms with Crippen LogP contribution in [0, 0.1) is 5.82 Å². The van der Waals surface area contributed by atoms with E-state index in [9.17, 15) is 4.39 Å². The summed E-state index contributed by atoms with van der Waals surface area (Å²) in [6.45, 7) is 3.85. The van der Waals surface area contributed by atoms with E-state index in [1.54, 1.807) is 6.07 Å². The normalized spacial score (nSPS) is 12.4. The molecule has 0 spiro atoms. The Bertz CT molecular complexity index is 603. The molecule has 0 bridgehead atoms. The van der Waals surface area contributed by atoms with Gasteiger partial charge in [-0.2, -0.15) is 0 Å². The SMILES string of the molecule is CCNCC(Cc1ccc(Cl)c(F)c1)c1ccccc1Br. The van der Waals surface area contributed by atoms with Gasteiger partial charge in [-0.25, -0.2) is 4.39 Å². The van der Waals surface area contributed by atoms with E-state index < -0.39 is 0 Å². The molecule has 0 saturated heterocycles. The first-order valence-electron chi connectivity index (χ1n) is 7.01. The lowest BCUT2D eigenvalue weighted by atomic mass is 9.92. The van der Waals surface area contributed by atoms with Crippen LogP contribution >= 0.6 is 27.5 Å². The molecule has 2 rings (SSSR count). The summed E-state index contributed by atoms with van der Waals surface area (Å²) in [5.41, 5.74) is 2.18. The van der Waals surface area contributed by atoms with Crippen LogP contribution in [0.1, 0.15) is 24.0 Å². The van der Waals surface area contributed by atoms with Gasteiger partial charge in [0, 0.05) is 16.9 Å². The molecule has 2 aromatic carbocycles. The third-order valence-corrected chi connectivity index (χ3v) is 4.48. The second kappa shape index (κ2) is 7.92. The van der Waals surface area contributed by atoms with Crippen molar-refractivity contribution in [2.45, 2.75) is 19.3 Å². The number of nitrogens with one attached hydrogen (secondary N) is 1.